The molecule has 0 atom stereocenters. The number of nitrogens with one attached hydrogen (secondary N) is 2. The first-order valence-electron chi connectivity index (χ1n) is 6.47. The Balaban J connectivity index is 1.85. The molecule has 0 spiro atoms. The fraction of sp³-hybridized carbons (Fsp3) is 0.267. The molecule has 1 aromatic heterocycles. The molecule has 0 aliphatic heterocycles. The summed E-state index contributed by atoms with van der Waals surface area (Å²) in [5.74, 6) is 1.40. The highest BCUT2D eigenvalue weighted by Crippen LogP contribution is 2.22. The molecule has 1 heterocycles. The largest absolute Gasteiger partial charge is 0.497 e. The number of amides is 2. The van der Waals surface area contributed by atoms with Crippen LogP contribution in [0.15, 0.2) is 35.7 Å². The van der Waals surface area contributed by atoms with Crippen molar-refractivity contribution in [2.75, 3.05) is 14.2 Å². The van der Waals surface area contributed by atoms with E-state index >= 15 is 0 Å². The quantitative estimate of drug-likeness (QED) is 0.863. The highest BCUT2D eigenvalue weighted by atomic mass is 32.1. The summed E-state index contributed by atoms with van der Waals surface area (Å²) in [7, 11) is 3.19. The van der Waals surface area contributed by atoms with Crippen molar-refractivity contribution in [3.05, 3.63) is 46.2 Å². The van der Waals surface area contributed by atoms with Crippen LogP contribution in [0.5, 0.6) is 11.5 Å². The molecule has 0 aliphatic carbocycles. The lowest BCUT2D eigenvalue weighted by Gasteiger charge is -2.10. The van der Waals surface area contributed by atoms with E-state index in [0.717, 1.165) is 10.4 Å². The van der Waals surface area contributed by atoms with Gasteiger partial charge < -0.3 is 20.1 Å². The normalized spacial score (nSPS) is 10.0. The van der Waals surface area contributed by atoms with Crippen molar-refractivity contribution in [1.82, 2.24) is 10.6 Å². The summed E-state index contributed by atoms with van der Waals surface area (Å²) in [6, 6.07) is 9.26. The number of carbonyl (C=O) groups is 1. The van der Waals surface area contributed by atoms with Crippen LogP contribution in [0.2, 0.25) is 0 Å². The summed E-state index contributed by atoms with van der Waals surface area (Å²) in [5.41, 5.74) is 0.914. The topological polar surface area (TPSA) is 59.6 Å². The molecule has 0 saturated carbocycles. The lowest BCUT2D eigenvalue weighted by Crippen LogP contribution is -2.34. The molecule has 0 bridgehead atoms. The third-order valence-electron chi connectivity index (χ3n) is 2.87. The second-order valence-corrected chi connectivity index (χ2v) is 5.37. The van der Waals surface area contributed by atoms with E-state index in [0.29, 0.717) is 24.6 Å². The predicted octanol–water partition coefficient (Wildman–Crippen LogP) is 2.76. The molecule has 21 heavy (non-hydrogen) atoms. The van der Waals surface area contributed by atoms with Crippen LogP contribution in [-0.4, -0.2) is 20.3 Å². The molecule has 2 amide bonds. The Kier molecular flexibility index (Phi) is 5.45. The molecule has 6 heteroatoms. The minimum atomic E-state index is -0.204. The molecule has 112 valence electrons. The Bertz CT molecular complexity index is 562. The van der Waals surface area contributed by atoms with Crippen molar-refractivity contribution in [3.8, 4) is 11.5 Å². The smallest absolute Gasteiger partial charge is 0.315 e. The molecule has 2 N–H and O–H groups in total. The second-order valence-electron chi connectivity index (χ2n) is 4.34. The number of rotatable bonds is 6. The van der Waals surface area contributed by atoms with Gasteiger partial charge in [0.15, 0.2) is 0 Å². The number of ether oxygens (including phenoxy) is 2. The van der Waals surface area contributed by atoms with E-state index in [-0.39, 0.29) is 6.03 Å². The molecular weight excluding hydrogens is 288 g/mol. The number of urea groups is 1. The second kappa shape index (κ2) is 7.54. The molecule has 0 fully saturated rings. The van der Waals surface area contributed by atoms with Crippen molar-refractivity contribution in [2.24, 2.45) is 0 Å². The van der Waals surface area contributed by atoms with E-state index < -0.39 is 0 Å². The molecule has 5 nitrogen and oxygen atoms in total. The first-order chi connectivity index (χ1) is 10.2. The zero-order valence-electron chi connectivity index (χ0n) is 12.0. The van der Waals surface area contributed by atoms with Crippen molar-refractivity contribution < 1.29 is 14.3 Å². The van der Waals surface area contributed by atoms with Gasteiger partial charge in [-0.2, -0.15) is 0 Å². The average Bonchev–Trinajstić information content (AvgIpc) is 3.03. The Labute approximate surface area is 127 Å². The van der Waals surface area contributed by atoms with Gasteiger partial charge in [0.1, 0.15) is 11.5 Å². The van der Waals surface area contributed by atoms with Gasteiger partial charge in [0.05, 0.1) is 20.8 Å². The van der Waals surface area contributed by atoms with Crippen molar-refractivity contribution in [3.63, 3.8) is 0 Å². The molecule has 2 aromatic rings. The molecule has 0 radical (unpaired) electrons. The SMILES string of the molecule is COc1cc(CNC(=O)NCc2cccs2)cc(OC)c1. The Hall–Kier alpha value is -2.21. The highest BCUT2D eigenvalue weighted by molar-refractivity contribution is 7.09. The van der Waals surface area contributed by atoms with Gasteiger partial charge in [0, 0.05) is 17.5 Å². The Morgan fingerprint density at radius 3 is 2.33 bits per heavy atom. The number of hydrogen-bond donors (Lipinski definition) is 2. The van der Waals surface area contributed by atoms with Crippen LogP contribution in [0.4, 0.5) is 4.79 Å². The summed E-state index contributed by atoms with van der Waals surface area (Å²) in [6.45, 7) is 0.939. The first kappa shape index (κ1) is 15.2. The van der Waals surface area contributed by atoms with Gasteiger partial charge in [0.25, 0.3) is 0 Å². The van der Waals surface area contributed by atoms with Crippen LogP contribution in [0.25, 0.3) is 0 Å². The molecule has 2 rings (SSSR count). The van der Waals surface area contributed by atoms with Gasteiger partial charge in [-0.3, -0.25) is 0 Å². The van der Waals surface area contributed by atoms with Crippen LogP contribution in [-0.2, 0) is 13.1 Å². The summed E-state index contributed by atoms with van der Waals surface area (Å²) in [6.07, 6.45) is 0. The van der Waals surface area contributed by atoms with Crippen LogP contribution >= 0.6 is 11.3 Å². The van der Waals surface area contributed by atoms with E-state index in [2.05, 4.69) is 10.6 Å². The molecule has 0 aliphatic rings. The third kappa shape index (κ3) is 4.68. The van der Waals surface area contributed by atoms with Gasteiger partial charge in [0.2, 0.25) is 0 Å². The predicted molar refractivity (Wildman–Crippen MR) is 82.9 cm³/mol. The molecule has 0 saturated heterocycles. The van der Waals surface area contributed by atoms with Crippen LogP contribution in [0.3, 0.4) is 0 Å². The molecule has 1 aromatic carbocycles. The Morgan fingerprint density at radius 2 is 1.76 bits per heavy atom. The maximum absolute atomic E-state index is 11.7. The van der Waals surface area contributed by atoms with E-state index in [9.17, 15) is 4.79 Å². The minimum Gasteiger partial charge on any atom is -0.497 e. The Morgan fingerprint density at radius 1 is 1.10 bits per heavy atom. The van der Waals surface area contributed by atoms with E-state index in [1.165, 1.54) is 0 Å². The standard InChI is InChI=1S/C15H18N2O3S/c1-19-12-6-11(7-13(8-12)20-2)9-16-15(18)17-10-14-4-3-5-21-14/h3-8H,9-10H2,1-2H3,(H2,16,17,18). The number of hydrogen-bond acceptors (Lipinski definition) is 4. The number of thiophene rings is 1. The maximum Gasteiger partial charge on any atom is 0.315 e. The minimum absolute atomic E-state index is 0.204. The molecular formula is C15H18N2O3S. The highest BCUT2D eigenvalue weighted by Gasteiger charge is 2.04. The van der Waals surface area contributed by atoms with Crippen molar-refractivity contribution in [2.45, 2.75) is 13.1 Å². The van der Waals surface area contributed by atoms with E-state index in [4.69, 9.17) is 9.47 Å². The van der Waals surface area contributed by atoms with Gasteiger partial charge in [-0.25, -0.2) is 4.79 Å². The molecule has 0 unspecified atom stereocenters. The van der Waals surface area contributed by atoms with Crippen molar-refractivity contribution in [1.29, 1.82) is 0 Å². The monoisotopic (exact) mass is 306 g/mol. The maximum atomic E-state index is 11.7. The van der Waals surface area contributed by atoms with E-state index in [1.807, 2.05) is 29.6 Å². The van der Waals surface area contributed by atoms with Crippen LogP contribution in [0.1, 0.15) is 10.4 Å². The number of carbonyl (C=O) groups excluding carboxylic acids is 1. The summed E-state index contributed by atoms with van der Waals surface area (Å²) < 4.78 is 10.4. The van der Waals surface area contributed by atoms with E-state index in [1.54, 1.807) is 31.6 Å². The van der Waals surface area contributed by atoms with Gasteiger partial charge in [-0.05, 0) is 29.1 Å². The number of benzene rings is 1. The third-order valence-corrected chi connectivity index (χ3v) is 3.74. The zero-order valence-corrected chi connectivity index (χ0v) is 12.8. The summed E-state index contributed by atoms with van der Waals surface area (Å²) in [5, 5.41) is 7.60. The fourth-order valence-electron chi connectivity index (χ4n) is 1.79. The fourth-order valence-corrected chi connectivity index (χ4v) is 2.44. The van der Waals surface area contributed by atoms with Gasteiger partial charge in [-0.15, -0.1) is 11.3 Å². The summed E-state index contributed by atoms with van der Waals surface area (Å²) in [4.78, 5) is 12.9. The lowest BCUT2D eigenvalue weighted by molar-refractivity contribution is 0.240. The summed E-state index contributed by atoms with van der Waals surface area (Å²) >= 11 is 1.61. The lowest BCUT2D eigenvalue weighted by atomic mass is 10.2. The number of methoxy groups -OCH3 is 2. The average molecular weight is 306 g/mol. The van der Waals surface area contributed by atoms with Gasteiger partial charge >= 0.3 is 6.03 Å². The first-order valence-corrected chi connectivity index (χ1v) is 7.35. The van der Waals surface area contributed by atoms with Gasteiger partial charge in [-0.1, -0.05) is 6.07 Å². The van der Waals surface area contributed by atoms with Crippen molar-refractivity contribution >= 4 is 17.4 Å². The van der Waals surface area contributed by atoms with Crippen LogP contribution in [0, 0.1) is 0 Å². The zero-order chi connectivity index (χ0) is 15.1. The van der Waals surface area contributed by atoms with Crippen LogP contribution < -0.4 is 20.1 Å².